The number of oxazole rings is 1. The molecular formula is C23H20N6O2. The number of aromatic nitrogens is 3. The van der Waals surface area contributed by atoms with Crippen LogP contribution in [0.5, 0.6) is 0 Å². The molecule has 0 amide bonds. The maximum absolute atomic E-state index is 11.9. The van der Waals surface area contributed by atoms with E-state index in [0.29, 0.717) is 17.2 Å². The van der Waals surface area contributed by atoms with Gasteiger partial charge in [0.15, 0.2) is 5.58 Å². The van der Waals surface area contributed by atoms with Crippen molar-refractivity contribution in [2.75, 3.05) is 10.6 Å². The van der Waals surface area contributed by atoms with E-state index >= 15 is 0 Å². The van der Waals surface area contributed by atoms with Gasteiger partial charge in [-0.05, 0) is 49.6 Å². The van der Waals surface area contributed by atoms with Gasteiger partial charge >= 0.3 is 0 Å². The molecule has 31 heavy (non-hydrogen) atoms. The van der Waals surface area contributed by atoms with E-state index in [0.717, 1.165) is 36.3 Å². The van der Waals surface area contributed by atoms with E-state index in [1.165, 1.54) is 6.07 Å². The number of hydrogen-bond acceptors (Lipinski definition) is 7. The Kier molecular flexibility index (Phi) is 4.84. The van der Waals surface area contributed by atoms with Crippen LogP contribution in [-0.2, 0) is 0 Å². The van der Waals surface area contributed by atoms with Gasteiger partial charge in [-0.15, -0.1) is 0 Å². The highest BCUT2D eigenvalue weighted by Gasteiger charge is 2.26. The van der Waals surface area contributed by atoms with E-state index in [2.05, 4.69) is 26.7 Å². The number of pyridine rings is 2. The third-order valence-corrected chi connectivity index (χ3v) is 5.48. The summed E-state index contributed by atoms with van der Waals surface area (Å²) >= 11 is 0. The van der Waals surface area contributed by atoms with E-state index in [-0.39, 0.29) is 17.6 Å². The highest BCUT2D eigenvalue weighted by molar-refractivity contribution is 5.76. The Morgan fingerprint density at radius 1 is 1.10 bits per heavy atom. The lowest BCUT2D eigenvalue weighted by Gasteiger charge is -2.15. The molecule has 0 spiro atoms. The van der Waals surface area contributed by atoms with Crippen LogP contribution in [0.1, 0.15) is 24.8 Å². The first-order valence-corrected chi connectivity index (χ1v) is 10.2. The fourth-order valence-electron chi connectivity index (χ4n) is 3.94. The largest absolute Gasteiger partial charge is 0.424 e. The fraction of sp³-hybridized carbons (Fsp3) is 0.217. The van der Waals surface area contributed by atoms with Crippen molar-refractivity contribution in [3.63, 3.8) is 0 Å². The summed E-state index contributed by atoms with van der Waals surface area (Å²) in [5, 5.41) is 15.8. The number of hydrogen-bond donors (Lipinski definition) is 2. The van der Waals surface area contributed by atoms with Crippen LogP contribution in [0.3, 0.4) is 0 Å². The van der Waals surface area contributed by atoms with Gasteiger partial charge < -0.3 is 15.1 Å². The van der Waals surface area contributed by atoms with Gasteiger partial charge in [0.05, 0.1) is 23.5 Å². The first-order chi connectivity index (χ1) is 15.2. The van der Waals surface area contributed by atoms with Crippen LogP contribution in [0.2, 0.25) is 0 Å². The second-order valence-electron chi connectivity index (χ2n) is 7.62. The van der Waals surface area contributed by atoms with Crippen molar-refractivity contribution in [2.45, 2.75) is 31.3 Å². The molecular weight excluding hydrogens is 392 g/mol. The van der Waals surface area contributed by atoms with Crippen LogP contribution in [0.25, 0.3) is 16.8 Å². The lowest BCUT2D eigenvalue weighted by Crippen LogP contribution is -2.21. The van der Waals surface area contributed by atoms with Crippen LogP contribution in [-0.4, -0.2) is 26.6 Å². The standard InChI is InChI=1S/C23H20N6O2/c24-13-15-4-8-19-20(11-15)31-23(28-19)27-17-6-5-16(12-17)26-21-9-7-18(14-25-21)29-10-2-1-3-22(29)30/h1-4,7-11,14,16-17H,5-6,12H2,(H,25,26)(H,27,28)/t16-,17-/m0/s1. The van der Waals surface area contributed by atoms with Crippen LogP contribution in [0.4, 0.5) is 11.8 Å². The zero-order chi connectivity index (χ0) is 21.2. The predicted octanol–water partition coefficient (Wildman–Crippen LogP) is 3.69. The first kappa shape index (κ1) is 18.9. The summed E-state index contributed by atoms with van der Waals surface area (Å²) in [6.45, 7) is 0. The number of nitriles is 1. The zero-order valence-electron chi connectivity index (χ0n) is 16.7. The van der Waals surface area contributed by atoms with Crippen molar-refractivity contribution in [3.8, 4) is 11.8 Å². The van der Waals surface area contributed by atoms with E-state index in [9.17, 15) is 4.79 Å². The second-order valence-corrected chi connectivity index (χ2v) is 7.62. The quantitative estimate of drug-likeness (QED) is 0.514. The van der Waals surface area contributed by atoms with Crippen molar-refractivity contribution < 1.29 is 4.42 Å². The molecule has 1 fully saturated rings. The molecule has 2 atom stereocenters. The molecule has 3 heterocycles. The lowest BCUT2D eigenvalue weighted by atomic mass is 10.2. The highest BCUT2D eigenvalue weighted by Crippen LogP contribution is 2.27. The van der Waals surface area contributed by atoms with Gasteiger partial charge in [-0.1, -0.05) is 6.07 Å². The summed E-state index contributed by atoms with van der Waals surface area (Å²) in [7, 11) is 0. The molecule has 1 aliphatic carbocycles. The Hall–Kier alpha value is -4.12. The van der Waals surface area contributed by atoms with Crippen molar-refractivity contribution in [1.82, 2.24) is 14.5 Å². The summed E-state index contributed by atoms with van der Waals surface area (Å²) in [6, 6.07) is 17.2. The highest BCUT2D eigenvalue weighted by atomic mass is 16.4. The third kappa shape index (κ3) is 3.98. The molecule has 8 heteroatoms. The van der Waals surface area contributed by atoms with E-state index in [1.54, 1.807) is 41.2 Å². The van der Waals surface area contributed by atoms with Gasteiger partial charge in [-0.2, -0.15) is 10.2 Å². The summed E-state index contributed by atoms with van der Waals surface area (Å²) in [6.07, 6.45) is 6.31. The molecule has 4 aromatic rings. The average molecular weight is 412 g/mol. The molecule has 0 bridgehead atoms. The molecule has 0 unspecified atom stereocenters. The monoisotopic (exact) mass is 412 g/mol. The van der Waals surface area contributed by atoms with Crippen LogP contribution in [0.15, 0.2) is 70.1 Å². The summed E-state index contributed by atoms with van der Waals surface area (Å²) in [4.78, 5) is 20.9. The van der Waals surface area contributed by atoms with Crippen molar-refractivity contribution in [1.29, 1.82) is 5.26 Å². The molecule has 5 rings (SSSR count). The molecule has 0 saturated heterocycles. The molecule has 8 nitrogen and oxygen atoms in total. The van der Waals surface area contributed by atoms with Crippen molar-refractivity contribution in [3.05, 3.63) is 76.8 Å². The van der Waals surface area contributed by atoms with Crippen LogP contribution in [0, 0.1) is 11.3 Å². The van der Waals surface area contributed by atoms with Gasteiger partial charge in [0.2, 0.25) is 0 Å². The predicted molar refractivity (Wildman–Crippen MR) is 117 cm³/mol. The van der Waals surface area contributed by atoms with E-state index < -0.39 is 0 Å². The first-order valence-electron chi connectivity index (χ1n) is 10.2. The molecule has 1 aliphatic rings. The number of anilines is 2. The molecule has 1 saturated carbocycles. The third-order valence-electron chi connectivity index (χ3n) is 5.48. The van der Waals surface area contributed by atoms with Crippen LogP contribution < -0.4 is 16.2 Å². The summed E-state index contributed by atoms with van der Waals surface area (Å²) in [5.41, 5.74) is 2.54. The summed E-state index contributed by atoms with van der Waals surface area (Å²) in [5.74, 6) is 0.782. The van der Waals surface area contributed by atoms with Gasteiger partial charge in [0.25, 0.3) is 11.6 Å². The van der Waals surface area contributed by atoms with E-state index in [1.807, 2.05) is 18.2 Å². The fourth-order valence-corrected chi connectivity index (χ4v) is 3.94. The van der Waals surface area contributed by atoms with Crippen molar-refractivity contribution >= 4 is 22.9 Å². The smallest absolute Gasteiger partial charge is 0.295 e. The van der Waals surface area contributed by atoms with E-state index in [4.69, 9.17) is 9.68 Å². The van der Waals surface area contributed by atoms with Crippen LogP contribution >= 0.6 is 0 Å². The molecule has 2 N–H and O–H groups in total. The van der Waals surface area contributed by atoms with Gasteiger partial charge in [-0.25, -0.2) is 4.98 Å². The minimum Gasteiger partial charge on any atom is -0.424 e. The number of nitrogens with zero attached hydrogens (tertiary/aromatic N) is 4. The minimum atomic E-state index is -0.0854. The maximum Gasteiger partial charge on any atom is 0.295 e. The molecule has 0 radical (unpaired) electrons. The Bertz CT molecular complexity index is 1320. The topological polar surface area (TPSA) is 109 Å². The number of nitrogens with one attached hydrogen (secondary N) is 2. The molecule has 154 valence electrons. The second kappa shape index (κ2) is 7.95. The Balaban J connectivity index is 1.21. The van der Waals surface area contributed by atoms with Gasteiger partial charge in [0.1, 0.15) is 11.3 Å². The molecule has 0 aliphatic heterocycles. The molecule has 1 aromatic carbocycles. The summed E-state index contributed by atoms with van der Waals surface area (Å²) < 4.78 is 7.32. The Morgan fingerprint density at radius 2 is 1.97 bits per heavy atom. The molecule has 3 aromatic heterocycles. The average Bonchev–Trinajstić information content (AvgIpc) is 3.40. The minimum absolute atomic E-state index is 0.0854. The SMILES string of the molecule is N#Cc1ccc2nc(N[C@H]3CC[C@H](Nc4ccc(-n5ccccc5=O)cn4)C3)oc2c1. The maximum atomic E-state index is 11.9. The Morgan fingerprint density at radius 3 is 2.74 bits per heavy atom. The lowest BCUT2D eigenvalue weighted by molar-refractivity contribution is 0.592. The van der Waals surface area contributed by atoms with Crippen molar-refractivity contribution in [2.24, 2.45) is 0 Å². The number of benzene rings is 1. The number of fused-ring (bicyclic) bond motifs is 1. The normalized spacial score (nSPS) is 18.0. The van der Waals surface area contributed by atoms with Gasteiger partial charge in [0, 0.05) is 30.4 Å². The Labute approximate surface area is 178 Å². The number of rotatable bonds is 5. The van der Waals surface area contributed by atoms with Gasteiger partial charge in [-0.3, -0.25) is 9.36 Å². The zero-order valence-corrected chi connectivity index (χ0v) is 16.7.